The molecule has 0 bridgehead atoms. The normalized spacial score (nSPS) is 18.8. The fourth-order valence-corrected chi connectivity index (χ4v) is 3.90. The van der Waals surface area contributed by atoms with Crippen LogP contribution in [0.2, 0.25) is 0 Å². The van der Waals surface area contributed by atoms with E-state index in [2.05, 4.69) is 39.0 Å². The summed E-state index contributed by atoms with van der Waals surface area (Å²) in [6.07, 6.45) is 0.497. The molecule has 1 atom stereocenters. The molecule has 2 heterocycles. The summed E-state index contributed by atoms with van der Waals surface area (Å²) in [5.74, 6) is 0. The van der Waals surface area contributed by atoms with Crippen LogP contribution in [0.5, 0.6) is 0 Å². The Bertz CT molecular complexity index is 554. The smallest absolute Gasteiger partial charge is 0.0826 e. The van der Waals surface area contributed by atoms with E-state index in [0.29, 0.717) is 0 Å². The van der Waals surface area contributed by atoms with Crippen molar-refractivity contribution in [2.24, 2.45) is 0 Å². The Balaban J connectivity index is 1.88. The standard InChI is InChI=1S/C14H14BrNOS/c15-14-6-5-10(18-14)9-16-8-7-13(17)11-3-1-2-4-12(11)16/h1-6,13,17H,7-9H2. The van der Waals surface area contributed by atoms with Crippen LogP contribution in [-0.4, -0.2) is 11.7 Å². The number of aliphatic hydroxyl groups is 1. The summed E-state index contributed by atoms with van der Waals surface area (Å²) in [5.41, 5.74) is 2.22. The number of rotatable bonds is 2. The van der Waals surface area contributed by atoms with Crippen LogP contribution in [0.3, 0.4) is 0 Å². The molecule has 18 heavy (non-hydrogen) atoms. The highest BCUT2D eigenvalue weighted by Gasteiger charge is 2.23. The first-order chi connectivity index (χ1) is 8.74. The van der Waals surface area contributed by atoms with Gasteiger partial charge in [-0.3, -0.25) is 0 Å². The van der Waals surface area contributed by atoms with E-state index in [-0.39, 0.29) is 6.10 Å². The van der Waals surface area contributed by atoms with Gasteiger partial charge in [-0.05, 0) is 40.5 Å². The van der Waals surface area contributed by atoms with Crippen molar-refractivity contribution < 1.29 is 5.11 Å². The van der Waals surface area contributed by atoms with Gasteiger partial charge in [-0.1, -0.05) is 18.2 Å². The third-order valence-electron chi connectivity index (χ3n) is 3.28. The van der Waals surface area contributed by atoms with Crippen LogP contribution in [0.15, 0.2) is 40.2 Å². The van der Waals surface area contributed by atoms with Gasteiger partial charge in [0.05, 0.1) is 16.4 Å². The van der Waals surface area contributed by atoms with E-state index in [1.807, 2.05) is 18.2 Å². The number of nitrogens with zero attached hydrogens (tertiary/aromatic N) is 1. The molecule has 0 fully saturated rings. The monoisotopic (exact) mass is 323 g/mol. The Morgan fingerprint density at radius 1 is 1.28 bits per heavy atom. The second-order valence-corrected chi connectivity index (χ2v) is 7.04. The molecule has 1 unspecified atom stereocenters. The molecule has 94 valence electrons. The average Bonchev–Trinajstić information content (AvgIpc) is 2.79. The average molecular weight is 324 g/mol. The first-order valence-electron chi connectivity index (χ1n) is 6.00. The molecule has 1 N–H and O–H groups in total. The Labute approximate surface area is 119 Å². The summed E-state index contributed by atoms with van der Waals surface area (Å²) in [5, 5.41) is 10.0. The number of fused-ring (bicyclic) bond motifs is 1. The molecule has 1 aliphatic rings. The van der Waals surface area contributed by atoms with Crippen LogP contribution in [-0.2, 0) is 6.54 Å². The van der Waals surface area contributed by atoms with Crippen LogP contribution >= 0.6 is 27.3 Å². The molecule has 3 rings (SSSR count). The van der Waals surface area contributed by atoms with E-state index in [9.17, 15) is 5.11 Å². The van der Waals surface area contributed by atoms with E-state index < -0.39 is 0 Å². The molecule has 2 aromatic rings. The largest absolute Gasteiger partial charge is 0.388 e. The topological polar surface area (TPSA) is 23.5 Å². The zero-order valence-corrected chi connectivity index (χ0v) is 12.2. The minimum Gasteiger partial charge on any atom is -0.388 e. The second kappa shape index (κ2) is 5.03. The van der Waals surface area contributed by atoms with Crippen molar-refractivity contribution in [3.8, 4) is 0 Å². The molecule has 0 saturated carbocycles. The lowest BCUT2D eigenvalue weighted by molar-refractivity contribution is 0.164. The number of benzene rings is 1. The minimum atomic E-state index is -0.312. The molecule has 4 heteroatoms. The molecular formula is C14H14BrNOS. The van der Waals surface area contributed by atoms with E-state index >= 15 is 0 Å². The van der Waals surface area contributed by atoms with Crippen molar-refractivity contribution >= 4 is 33.0 Å². The Morgan fingerprint density at radius 2 is 2.11 bits per heavy atom. The fourth-order valence-electron chi connectivity index (χ4n) is 2.40. The van der Waals surface area contributed by atoms with Crippen molar-refractivity contribution in [1.29, 1.82) is 0 Å². The molecule has 2 nitrogen and oxygen atoms in total. The van der Waals surface area contributed by atoms with E-state index in [0.717, 1.165) is 25.1 Å². The van der Waals surface area contributed by atoms with Crippen molar-refractivity contribution in [2.45, 2.75) is 19.1 Å². The molecule has 0 saturated heterocycles. The zero-order valence-electron chi connectivity index (χ0n) is 9.84. The number of halogens is 1. The fraction of sp³-hybridized carbons (Fsp3) is 0.286. The predicted octanol–water partition coefficient (Wildman–Crippen LogP) is 3.95. The highest BCUT2D eigenvalue weighted by atomic mass is 79.9. The number of thiophene rings is 1. The van der Waals surface area contributed by atoms with Gasteiger partial charge in [0.25, 0.3) is 0 Å². The Kier molecular flexibility index (Phi) is 3.41. The van der Waals surface area contributed by atoms with Crippen LogP contribution in [0.25, 0.3) is 0 Å². The van der Waals surface area contributed by atoms with Crippen LogP contribution < -0.4 is 4.90 Å². The van der Waals surface area contributed by atoms with Gasteiger partial charge in [0.2, 0.25) is 0 Å². The van der Waals surface area contributed by atoms with Crippen LogP contribution in [0.4, 0.5) is 5.69 Å². The molecule has 0 aliphatic carbocycles. The lowest BCUT2D eigenvalue weighted by atomic mass is 9.99. The van der Waals surface area contributed by atoms with Gasteiger partial charge in [0.15, 0.2) is 0 Å². The number of hydrogen-bond donors (Lipinski definition) is 1. The minimum absolute atomic E-state index is 0.312. The summed E-state index contributed by atoms with van der Waals surface area (Å²) < 4.78 is 1.17. The van der Waals surface area contributed by atoms with Crippen molar-refractivity contribution in [2.75, 3.05) is 11.4 Å². The van der Waals surface area contributed by atoms with Gasteiger partial charge in [-0.15, -0.1) is 11.3 Å². The summed E-state index contributed by atoms with van der Waals surface area (Å²) in [6, 6.07) is 12.4. The maximum atomic E-state index is 10.0. The molecular weight excluding hydrogens is 310 g/mol. The van der Waals surface area contributed by atoms with Crippen LogP contribution in [0, 0.1) is 0 Å². The van der Waals surface area contributed by atoms with Crippen LogP contribution in [0.1, 0.15) is 23.0 Å². The van der Waals surface area contributed by atoms with Gasteiger partial charge in [0.1, 0.15) is 0 Å². The molecule has 1 aromatic carbocycles. The van der Waals surface area contributed by atoms with Gasteiger partial charge >= 0.3 is 0 Å². The number of aliphatic hydroxyl groups excluding tert-OH is 1. The summed E-state index contributed by atoms with van der Waals surface area (Å²) >= 11 is 5.27. The van der Waals surface area contributed by atoms with E-state index in [4.69, 9.17) is 0 Å². The molecule has 1 aromatic heterocycles. The number of para-hydroxylation sites is 1. The second-order valence-electron chi connectivity index (χ2n) is 4.49. The molecule has 0 spiro atoms. The number of hydrogen-bond acceptors (Lipinski definition) is 3. The SMILES string of the molecule is OC1CCN(Cc2ccc(Br)s2)c2ccccc21. The first kappa shape index (κ1) is 12.2. The van der Waals surface area contributed by atoms with Gasteiger partial charge in [-0.25, -0.2) is 0 Å². The predicted molar refractivity (Wildman–Crippen MR) is 79.1 cm³/mol. The van der Waals surface area contributed by atoms with Gasteiger partial charge in [-0.2, -0.15) is 0 Å². The maximum Gasteiger partial charge on any atom is 0.0826 e. The highest BCUT2D eigenvalue weighted by Crippen LogP contribution is 2.35. The summed E-state index contributed by atoms with van der Waals surface area (Å²) in [7, 11) is 0. The van der Waals surface area contributed by atoms with Crippen molar-refractivity contribution in [3.05, 3.63) is 50.6 Å². The first-order valence-corrected chi connectivity index (χ1v) is 7.61. The Morgan fingerprint density at radius 3 is 2.89 bits per heavy atom. The zero-order chi connectivity index (χ0) is 12.5. The Hall–Kier alpha value is -0.840. The van der Waals surface area contributed by atoms with E-state index in [1.54, 1.807) is 11.3 Å². The molecule has 0 radical (unpaired) electrons. The third kappa shape index (κ3) is 2.32. The van der Waals surface area contributed by atoms with Crippen molar-refractivity contribution in [1.82, 2.24) is 0 Å². The van der Waals surface area contributed by atoms with E-state index in [1.165, 1.54) is 14.4 Å². The quantitative estimate of drug-likeness (QED) is 0.904. The summed E-state index contributed by atoms with van der Waals surface area (Å²) in [6.45, 7) is 1.83. The van der Waals surface area contributed by atoms with Gasteiger partial charge in [0, 0.05) is 22.7 Å². The molecule has 1 aliphatic heterocycles. The summed E-state index contributed by atoms with van der Waals surface area (Å²) in [4.78, 5) is 3.69. The van der Waals surface area contributed by atoms with Gasteiger partial charge < -0.3 is 10.0 Å². The number of anilines is 1. The molecule has 0 amide bonds. The maximum absolute atomic E-state index is 10.0. The third-order valence-corrected chi connectivity index (χ3v) is 4.89. The lowest BCUT2D eigenvalue weighted by Crippen LogP contribution is -2.30. The lowest BCUT2D eigenvalue weighted by Gasteiger charge is -2.33. The van der Waals surface area contributed by atoms with Crippen molar-refractivity contribution in [3.63, 3.8) is 0 Å². The highest BCUT2D eigenvalue weighted by molar-refractivity contribution is 9.11.